The lowest BCUT2D eigenvalue weighted by atomic mass is 9.81. The Morgan fingerprint density at radius 1 is 0.404 bits per heavy atom. The first-order chi connectivity index (χ1) is 28.0. The van der Waals surface area contributed by atoms with E-state index in [2.05, 4.69) is 217 Å². The first-order valence-corrected chi connectivity index (χ1v) is 19.9. The number of anilines is 3. The van der Waals surface area contributed by atoms with Crippen molar-refractivity contribution in [2.75, 3.05) is 4.90 Å². The number of hydrogen-bond acceptors (Lipinski definition) is 1. The molecule has 2 nitrogen and oxygen atoms in total. The standard InChI is InChI=1S/C55H38N2/c1-55(2)48-20-11-19-46-44-18-8-9-21-50(44)57-51-34-43(28-29-45(51)47-30-31-49(55)53(52(46)48)54(47)57)56(41-26-24-37(25-27-41)35-12-4-3-5-13-35)42-17-10-16-39(33-42)40-23-22-36-14-6-7-15-38(36)32-40/h3-34H,1-2H3. The molecule has 2 aliphatic rings. The molecular weight excluding hydrogens is 689 g/mol. The van der Waals surface area contributed by atoms with Crippen molar-refractivity contribution in [3.8, 4) is 50.2 Å². The summed E-state index contributed by atoms with van der Waals surface area (Å²) < 4.78 is 2.57. The lowest BCUT2D eigenvalue weighted by Gasteiger charge is -2.27. The Hall–Kier alpha value is -7.16. The van der Waals surface area contributed by atoms with Crippen LogP contribution in [-0.2, 0) is 5.41 Å². The largest absolute Gasteiger partial charge is 0.310 e. The van der Waals surface area contributed by atoms with Gasteiger partial charge in [-0.15, -0.1) is 0 Å². The van der Waals surface area contributed by atoms with Crippen molar-refractivity contribution < 1.29 is 0 Å². The molecule has 57 heavy (non-hydrogen) atoms. The highest BCUT2D eigenvalue weighted by molar-refractivity contribution is 6.19. The van der Waals surface area contributed by atoms with Crippen LogP contribution in [0, 0.1) is 0 Å². The summed E-state index contributed by atoms with van der Waals surface area (Å²) in [6, 6.07) is 71.8. The van der Waals surface area contributed by atoms with E-state index in [0.717, 1.165) is 17.1 Å². The fourth-order valence-corrected chi connectivity index (χ4v) is 9.94. The molecule has 0 atom stereocenters. The van der Waals surface area contributed by atoms with Crippen LogP contribution >= 0.6 is 0 Å². The first kappa shape index (κ1) is 32.1. The maximum Gasteiger partial charge on any atom is 0.0623 e. The van der Waals surface area contributed by atoms with Crippen molar-refractivity contribution >= 4 is 49.6 Å². The minimum atomic E-state index is -0.0909. The molecule has 0 bridgehead atoms. The lowest BCUT2D eigenvalue weighted by Crippen LogP contribution is -2.15. The van der Waals surface area contributed by atoms with E-state index in [1.807, 2.05) is 0 Å². The zero-order valence-electron chi connectivity index (χ0n) is 31.9. The van der Waals surface area contributed by atoms with Crippen LogP contribution in [0.25, 0.3) is 82.8 Å². The number of fused-ring (bicyclic) bond motifs is 7. The molecule has 0 spiro atoms. The average molecular weight is 727 g/mol. The average Bonchev–Trinajstić information content (AvgIpc) is 3.67. The predicted molar refractivity (Wildman–Crippen MR) is 240 cm³/mol. The zero-order valence-corrected chi connectivity index (χ0v) is 31.9. The van der Waals surface area contributed by atoms with Gasteiger partial charge in [0.1, 0.15) is 0 Å². The summed E-state index contributed by atoms with van der Waals surface area (Å²) in [6.07, 6.45) is 0. The fraction of sp³-hybridized carbons (Fsp3) is 0.0545. The highest BCUT2D eigenvalue weighted by atomic mass is 15.1. The third kappa shape index (κ3) is 4.65. The van der Waals surface area contributed by atoms with Crippen molar-refractivity contribution in [2.24, 2.45) is 0 Å². The molecule has 2 heterocycles. The number of para-hydroxylation sites is 1. The number of nitrogens with zero attached hydrogens (tertiary/aromatic N) is 2. The summed E-state index contributed by atoms with van der Waals surface area (Å²) in [4.78, 5) is 2.42. The summed E-state index contributed by atoms with van der Waals surface area (Å²) >= 11 is 0. The van der Waals surface area contributed by atoms with E-state index >= 15 is 0 Å². The summed E-state index contributed by atoms with van der Waals surface area (Å²) in [5.74, 6) is 0. The molecular formula is C55H38N2. The van der Waals surface area contributed by atoms with Gasteiger partial charge in [-0.1, -0.05) is 159 Å². The van der Waals surface area contributed by atoms with E-state index in [0.29, 0.717) is 0 Å². The molecule has 12 rings (SSSR count). The van der Waals surface area contributed by atoms with Crippen molar-refractivity contribution in [3.63, 3.8) is 0 Å². The Kier molecular flexibility index (Phi) is 6.72. The number of aromatic nitrogens is 1. The molecule has 0 radical (unpaired) electrons. The molecule has 0 unspecified atom stereocenters. The van der Waals surface area contributed by atoms with Gasteiger partial charge in [0.15, 0.2) is 0 Å². The van der Waals surface area contributed by atoms with Crippen LogP contribution in [0.2, 0.25) is 0 Å². The second-order valence-corrected chi connectivity index (χ2v) is 16.2. The van der Waals surface area contributed by atoms with Crippen LogP contribution in [0.1, 0.15) is 25.0 Å². The Bertz CT molecular complexity index is 3260. The van der Waals surface area contributed by atoms with E-state index in [1.54, 1.807) is 0 Å². The van der Waals surface area contributed by atoms with Crippen LogP contribution in [0.3, 0.4) is 0 Å². The second-order valence-electron chi connectivity index (χ2n) is 16.2. The quantitative estimate of drug-likeness (QED) is 0.171. The van der Waals surface area contributed by atoms with Gasteiger partial charge in [0.25, 0.3) is 0 Å². The van der Waals surface area contributed by atoms with E-state index in [9.17, 15) is 0 Å². The van der Waals surface area contributed by atoms with E-state index in [-0.39, 0.29) is 5.41 Å². The Morgan fingerprint density at radius 2 is 1.04 bits per heavy atom. The number of hydrogen-bond donors (Lipinski definition) is 0. The molecule has 0 saturated heterocycles. The summed E-state index contributed by atoms with van der Waals surface area (Å²) in [5.41, 5.74) is 20.0. The predicted octanol–water partition coefficient (Wildman–Crippen LogP) is 15.0. The third-order valence-electron chi connectivity index (χ3n) is 12.7. The topological polar surface area (TPSA) is 8.17 Å². The van der Waals surface area contributed by atoms with Gasteiger partial charge in [-0.3, -0.25) is 0 Å². The Morgan fingerprint density at radius 3 is 1.91 bits per heavy atom. The molecule has 268 valence electrons. The summed E-state index contributed by atoms with van der Waals surface area (Å²) in [6.45, 7) is 4.78. The van der Waals surface area contributed by atoms with Gasteiger partial charge in [0, 0.05) is 44.4 Å². The van der Waals surface area contributed by atoms with Gasteiger partial charge in [-0.05, 0) is 104 Å². The van der Waals surface area contributed by atoms with Crippen LogP contribution < -0.4 is 4.90 Å². The Balaban J connectivity index is 1.10. The monoisotopic (exact) mass is 726 g/mol. The molecule has 9 aromatic carbocycles. The molecule has 0 N–H and O–H groups in total. The van der Waals surface area contributed by atoms with Gasteiger partial charge < -0.3 is 9.47 Å². The minimum absolute atomic E-state index is 0.0909. The molecule has 0 amide bonds. The summed E-state index contributed by atoms with van der Waals surface area (Å²) in [5, 5.41) is 5.05. The van der Waals surface area contributed by atoms with Gasteiger partial charge in [-0.25, -0.2) is 0 Å². The summed E-state index contributed by atoms with van der Waals surface area (Å²) in [7, 11) is 0. The van der Waals surface area contributed by atoms with Crippen LogP contribution in [0.5, 0.6) is 0 Å². The molecule has 1 aromatic heterocycles. The van der Waals surface area contributed by atoms with Crippen LogP contribution in [-0.4, -0.2) is 4.57 Å². The molecule has 1 aliphatic carbocycles. The maximum absolute atomic E-state index is 2.57. The zero-order chi connectivity index (χ0) is 37.8. The highest BCUT2D eigenvalue weighted by Crippen LogP contribution is 2.58. The fourth-order valence-electron chi connectivity index (χ4n) is 9.94. The van der Waals surface area contributed by atoms with Crippen molar-refractivity contribution in [3.05, 3.63) is 205 Å². The first-order valence-electron chi connectivity index (χ1n) is 19.9. The SMILES string of the molecule is CC1(C)c2cccc3c2-c2c1ccc1c4ccc(N(c5ccc(-c6ccccc6)cc5)c5cccc(-c6ccc7ccccc7c6)c5)cc4n(c21)-c1ccccc1-3. The normalized spacial score (nSPS) is 13.2. The molecule has 0 saturated carbocycles. The molecule has 2 heteroatoms. The van der Waals surface area contributed by atoms with Gasteiger partial charge in [-0.2, -0.15) is 0 Å². The van der Waals surface area contributed by atoms with E-state index in [1.165, 1.54) is 93.9 Å². The number of rotatable bonds is 5. The molecule has 1 aliphatic heterocycles. The lowest BCUT2D eigenvalue weighted by molar-refractivity contribution is 0.661. The smallest absolute Gasteiger partial charge is 0.0623 e. The molecule has 10 aromatic rings. The van der Waals surface area contributed by atoms with Gasteiger partial charge >= 0.3 is 0 Å². The second kappa shape index (κ2) is 11.9. The van der Waals surface area contributed by atoms with Crippen LogP contribution in [0.15, 0.2) is 194 Å². The minimum Gasteiger partial charge on any atom is -0.310 e. The van der Waals surface area contributed by atoms with Gasteiger partial charge in [0.2, 0.25) is 0 Å². The highest BCUT2D eigenvalue weighted by Gasteiger charge is 2.40. The third-order valence-corrected chi connectivity index (χ3v) is 12.7. The van der Waals surface area contributed by atoms with Gasteiger partial charge in [0.05, 0.1) is 16.7 Å². The van der Waals surface area contributed by atoms with Crippen molar-refractivity contribution in [1.29, 1.82) is 0 Å². The maximum atomic E-state index is 2.57. The Labute approximate surface area is 332 Å². The van der Waals surface area contributed by atoms with E-state index < -0.39 is 0 Å². The van der Waals surface area contributed by atoms with E-state index in [4.69, 9.17) is 0 Å². The van der Waals surface area contributed by atoms with Crippen molar-refractivity contribution in [1.82, 2.24) is 4.57 Å². The van der Waals surface area contributed by atoms with Crippen molar-refractivity contribution in [2.45, 2.75) is 19.3 Å². The van der Waals surface area contributed by atoms with Crippen LogP contribution in [0.4, 0.5) is 17.1 Å². The number of benzene rings is 9. The molecule has 0 fully saturated rings.